The predicted molar refractivity (Wildman–Crippen MR) is 104 cm³/mol. The van der Waals surface area contributed by atoms with Crippen molar-refractivity contribution in [2.45, 2.75) is 44.9 Å². The maximum Gasteiger partial charge on any atom is 0.287 e. The Bertz CT molecular complexity index is 877. The minimum absolute atomic E-state index is 0.0364. The Morgan fingerprint density at radius 2 is 2.25 bits per heavy atom. The van der Waals surface area contributed by atoms with Crippen LogP contribution in [0.15, 0.2) is 35.1 Å². The zero-order valence-corrected chi connectivity index (χ0v) is 16.5. The molecule has 5 heterocycles. The molecule has 1 N–H and O–H groups in total. The lowest BCUT2D eigenvalue weighted by molar-refractivity contribution is 0.00203. The average molecular weight is 381 g/mol. The highest BCUT2D eigenvalue weighted by Crippen LogP contribution is 2.54. The van der Waals surface area contributed by atoms with Gasteiger partial charge in [0.25, 0.3) is 5.91 Å². The van der Waals surface area contributed by atoms with Crippen molar-refractivity contribution in [1.29, 1.82) is 0 Å². The van der Waals surface area contributed by atoms with Crippen LogP contribution >= 0.6 is 0 Å². The molecule has 2 aromatic rings. The zero-order valence-electron chi connectivity index (χ0n) is 16.5. The number of hydrogen-bond donors (Lipinski definition) is 1. The second-order valence-corrected chi connectivity index (χ2v) is 8.67. The quantitative estimate of drug-likeness (QED) is 0.863. The Labute approximate surface area is 165 Å². The van der Waals surface area contributed by atoms with Crippen molar-refractivity contribution >= 4 is 5.91 Å². The number of amides is 1. The van der Waals surface area contributed by atoms with E-state index in [-0.39, 0.29) is 17.6 Å². The van der Waals surface area contributed by atoms with E-state index in [2.05, 4.69) is 34.3 Å². The first kappa shape index (κ1) is 17.9. The van der Waals surface area contributed by atoms with E-state index in [1.54, 1.807) is 6.26 Å². The van der Waals surface area contributed by atoms with Crippen LogP contribution in [0.4, 0.5) is 0 Å². The number of carbonyl (C=O) groups excluding carboxylic acids is 1. The third-order valence-corrected chi connectivity index (χ3v) is 6.78. The minimum atomic E-state index is -0.127. The largest absolute Gasteiger partial charge is 0.459 e. The number of nitrogens with zero attached hydrogens (tertiary/aromatic N) is 2. The lowest BCUT2D eigenvalue weighted by Crippen LogP contribution is -2.41. The molecule has 0 aliphatic carbocycles. The molecule has 5 rings (SSSR count). The number of fused-ring (bicyclic) bond motifs is 1. The first-order valence-electron chi connectivity index (χ1n) is 10.2. The number of carbonyl (C=O) groups is 1. The molecule has 4 atom stereocenters. The van der Waals surface area contributed by atoms with E-state index in [0.717, 1.165) is 43.7 Å². The Hall–Kier alpha value is -2.18. The van der Waals surface area contributed by atoms with Gasteiger partial charge < -0.3 is 14.5 Å². The maximum absolute atomic E-state index is 12.4. The van der Waals surface area contributed by atoms with E-state index in [9.17, 15) is 4.79 Å². The normalized spacial score (nSPS) is 31.3. The Kier molecular flexibility index (Phi) is 4.29. The van der Waals surface area contributed by atoms with Crippen LogP contribution in [0.3, 0.4) is 0 Å². The number of pyridine rings is 1. The molecule has 1 amide bonds. The van der Waals surface area contributed by atoms with Crippen LogP contribution in [-0.4, -0.2) is 47.1 Å². The van der Waals surface area contributed by atoms with Gasteiger partial charge in [-0.1, -0.05) is 6.07 Å². The summed E-state index contributed by atoms with van der Waals surface area (Å²) in [6, 6.07) is 6.05. The van der Waals surface area contributed by atoms with Gasteiger partial charge in [0.05, 0.1) is 23.7 Å². The van der Waals surface area contributed by atoms with Crippen LogP contribution < -0.4 is 5.32 Å². The average Bonchev–Trinajstić information content (AvgIpc) is 3.42. The summed E-state index contributed by atoms with van der Waals surface area (Å²) >= 11 is 0. The number of likely N-dealkylation sites (tertiary alicyclic amines) is 1. The maximum atomic E-state index is 12.4. The van der Waals surface area contributed by atoms with E-state index in [1.807, 2.05) is 19.2 Å². The van der Waals surface area contributed by atoms with Crippen molar-refractivity contribution in [1.82, 2.24) is 15.2 Å². The number of furan rings is 1. The highest BCUT2D eigenvalue weighted by atomic mass is 16.5. The number of ether oxygens (including phenoxy) is 1. The van der Waals surface area contributed by atoms with Crippen LogP contribution in [0, 0.1) is 25.7 Å². The molecule has 1 spiro atoms. The first-order valence-corrected chi connectivity index (χ1v) is 10.2. The molecule has 3 saturated heterocycles. The number of rotatable bonds is 5. The van der Waals surface area contributed by atoms with Crippen LogP contribution in [0.2, 0.25) is 0 Å². The van der Waals surface area contributed by atoms with Crippen molar-refractivity contribution < 1.29 is 13.9 Å². The van der Waals surface area contributed by atoms with Gasteiger partial charge in [-0.2, -0.15) is 0 Å². The summed E-state index contributed by atoms with van der Waals surface area (Å²) in [6.45, 7) is 7.43. The smallest absolute Gasteiger partial charge is 0.287 e. The molecule has 6 nitrogen and oxygen atoms in total. The van der Waals surface area contributed by atoms with Gasteiger partial charge in [-0.05, 0) is 44.4 Å². The molecular formula is C22H27N3O3. The van der Waals surface area contributed by atoms with Gasteiger partial charge in [0.1, 0.15) is 0 Å². The van der Waals surface area contributed by atoms with Crippen molar-refractivity contribution in [3.05, 3.63) is 53.2 Å². The van der Waals surface area contributed by atoms with Crippen LogP contribution in [0.25, 0.3) is 0 Å². The molecule has 148 valence electrons. The molecule has 3 fully saturated rings. The molecule has 3 aliphatic heterocycles. The lowest BCUT2D eigenvalue weighted by Gasteiger charge is -2.29. The summed E-state index contributed by atoms with van der Waals surface area (Å²) in [7, 11) is 0. The van der Waals surface area contributed by atoms with Crippen molar-refractivity contribution in [2.75, 3.05) is 19.6 Å². The van der Waals surface area contributed by atoms with E-state index < -0.39 is 0 Å². The van der Waals surface area contributed by atoms with Crippen molar-refractivity contribution in [3.8, 4) is 0 Å². The Balaban J connectivity index is 1.25. The third kappa shape index (κ3) is 2.95. The molecule has 3 aliphatic rings. The second-order valence-electron chi connectivity index (χ2n) is 8.67. The molecule has 28 heavy (non-hydrogen) atoms. The van der Waals surface area contributed by atoms with Crippen molar-refractivity contribution in [2.24, 2.45) is 11.8 Å². The van der Waals surface area contributed by atoms with Crippen LogP contribution in [0.1, 0.15) is 40.2 Å². The Morgan fingerprint density at radius 3 is 3.00 bits per heavy atom. The summed E-state index contributed by atoms with van der Waals surface area (Å²) in [4.78, 5) is 19.5. The lowest BCUT2D eigenvalue weighted by atomic mass is 9.73. The topological polar surface area (TPSA) is 67.6 Å². The van der Waals surface area contributed by atoms with Gasteiger partial charge in [-0.3, -0.25) is 14.7 Å². The van der Waals surface area contributed by atoms with Crippen molar-refractivity contribution in [3.63, 3.8) is 0 Å². The summed E-state index contributed by atoms with van der Waals surface area (Å²) < 4.78 is 11.8. The van der Waals surface area contributed by atoms with Crippen LogP contribution in [-0.2, 0) is 11.3 Å². The fourth-order valence-electron chi connectivity index (χ4n) is 5.40. The number of aryl methyl sites for hydroxylation is 2. The number of aromatic nitrogens is 1. The number of nitrogens with one attached hydrogen (secondary N) is 1. The fourth-order valence-corrected chi connectivity index (χ4v) is 5.40. The van der Waals surface area contributed by atoms with Gasteiger partial charge in [-0.15, -0.1) is 0 Å². The molecule has 0 saturated carbocycles. The monoisotopic (exact) mass is 381 g/mol. The molecular weight excluding hydrogens is 354 g/mol. The van der Waals surface area contributed by atoms with Gasteiger partial charge in [0.15, 0.2) is 5.76 Å². The molecule has 2 aromatic heterocycles. The summed E-state index contributed by atoms with van der Waals surface area (Å²) in [6.07, 6.45) is 5.98. The molecule has 0 radical (unpaired) electrons. The molecule has 0 unspecified atom stereocenters. The summed E-state index contributed by atoms with van der Waals surface area (Å²) in [5.41, 5.74) is 3.13. The molecule has 6 heteroatoms. The van der Waals surface area contributed by atoms with Crippen LogP contribution in [0.5, 0.6) is 0 Å². The fraction of sp³-hybridized carbons (Fsp3) is 0.545. The van der Waals surface area contributed by atoms with Gasteiger partial charge in [0.2, 0.25) is 0 Å². The second kappa shape index (κ2) is 6.71. The SMILES string of the molecule is Cc1ccc(CN2C[C@@H]3[C@H](CNC(=O)c4occc4C)[C@H]4CC[C@]3(C2)O4)nc1. The van der Waals surface area contributed by atoms with Gasteiger partial charge in [-0.25, -0.2) is 0 Å². The number of hydrogen-bond acceptors (Lipinski definition) is 5. The summed E-state index contributed by atoms with van der Waals surface area (Å²) in [5, 5.41) is 3.09. The minimum Gasteiger partial charge on any atom is -0.459 e. The van der Waals surface area contributed by atoms with E-state index in [1.165, 1.54) is 5.56 Å². The van der Waals surface area contributed by atoms with Gasteiger partial charge >= 0.3 is 0 Å². The summed E-state index contributed by atoms with van der Waals surface area (Å²) in [5.74, 6) is 1.12. The van der Waals surface area contributed by atoms with E-state index >= 15 is 0 Å². The highest BCUT2D eigenvalue weighted by molar-refractivity contribution is 5.92. The van der Waals surface area contributed by atoms with Gasteiger partial charge in [0, 0.05) is 49.8 Å². The predicted octanol–water partition coefficient (Wildman–Crippen LogP) is 2.70. The molecule has 2 bridgehead atoms. The first-order chi connectivity index (χ1) is 13.5. The standard InChI is InChI=1S/C22H27N3O3/c1-14-3-4-16(23-9-14)11-25-12-18-17(19-5-7-22(18,13-25)28-19)10-24-21(26)20-15(2)6-8-27-20/h3-4,6,8-9,17-19H,5,7,10-13H2,1-2H3,(H,24,26)/t17-,18+,19+,22+/m0/s1. The van der Waals surface area contributed by atoms with E-state index in [0.29, 0.717) is 24.1 Å². The Morgan fingerprint density at radius 1 is 1.36 bits per heavy atom. The third-order valence-electron chi connectivity index (χ3n) is 6.78. The molecule has 0 aromatic carbocycles. The zero-order chi connectivity index (χ0) is 19.3. The van der Waals surface area contributed by atoms with E-state index in [4.69, 9.17) is 9.15 Å². The highest BCUT2D eigenvalue weighted by Gasteiger charge is 2.62.